The first-order valence-corrected chi connectivity index (χ1v) is 17.1. The van der Waals surface area contributed by atoms with Crippen LogP contribution in [0.5, 0.6) is 0 Å². The van der Waals surface area contributed by atoms with Crippen LogP contribution in [0, 0.1) is 0 Å². The van der Waals surface area contributed by atoms with Crippen LogP contribution in [0.1, 0.15) is 44.5 Å². The first-order valence-electron chi connectivity index (χ1n) is 17.1. The highest BCUT2D eigenvalue weighted by Crippen LogP contribution is 2.47. The van der Waals surface area contributed by atoms with Crippen LogP contribution in [0.2, 0.25) is 0 Å². The average Bonchev–Trinajstić information content (AvgIpc) is 3.71. The fourth-order valence-electron chi connectivity index (χ4n) is 9.72. The molecule has 218 valence electrons. The van der Waals surface area contributed by atoms with Crippen LogP contribution in [-0.2, 0) is 25.7 Å². The van der Waals surface area contributed by atoms with Gasteiger partial charge in [0.25, 0.3) is 0 Å². The van der Waals surface area contributed by atoms with E-state index < -0.39 is 0 Å². The SMILES string of the molecule is c1ccc(-c2cc3c(c4c2-c2ccccc2C4)B2c4c(cccc4Cc4cc(-c5ccccc5)c5c(c42)Cc2ccccc2-5)C3)cc1. The van der Waals surface area contributed by atoms with Gasteiger partial charge in [0, 0.05) is 0 Å². The Balaban J connectivity index is 1.25. The number of benzene rings is 7. The molecule has 0 spiro atoms. The maximum absolute atomic E-state index is 2.57. The molecule has 47 heavy (non-hydrogen) atoms. The Morgan fingerprint density at radius 2 is 0.745 bits per heavy atom. The first-order chi connectivity index (χ1) is 23.3. The van der Waals surface area contributed by atoms with Gasteiger partial charge in [-0.1, -0.05) is 156 Å². The lowest BCUT2D eigenvalue weighted by Crippen LogP contribution is -2.63. The minimum Gasteiger partial charge on any atom is -0.0622 e. The van der Waals surface area contributed by atoms with Crippen molar-refractivity contribution in [2.24, 2.45) is 0 Å². The van der Waals surface area contributed by atoms with Crippen molar-refractivity contribution in [3.63, 3.8) is 0 Å². The Morgan fingerprint density at radius 1 is 0.319 bits per heavy atom. The van der Waals surface area contributed by atoms with Crippen molar-refractivity contribution in [3.8, 4) is 44.5 Å². The van der Waals surface area contributed by atoms with Crippen LogP contribution in [-0.4, -0.2) is 6.71 Å². The van der Waals surface area contributed by atoms with E-state index in [1.165, 1.54) is 77.9 Å². The van der Waals surface area contributed by atoms with Gasteiger partial charge in [-0.2, -0.15) is 0 Å². The van der Waals surface area contributed by atoms with E-state index in [0.29, 0.717) is 0 Å². The van der Waals surface area contributed by atoms with Gasteiger partial charge in [-0.15, -0.1) is 0 Å². The van der Waals surface area contributed by atoms with E-state index in [4.69, 9.17) is 0 Å². The Labute approximate surface area is 276 Å². The molecule has 0 N–H and O–H groups in total. The molecule has 0 radical (unpaired) electrons. The third-order valence-electron chi connectivity index (χ3n) is 11.5. The summed E-state index contributed by atoms with van der Waals surface area (Å²) in [7, 11) is 0. The van der Waals surface area contributed by atoms with Crippen LogP contribution in [0.3, 0.4) is 0 Å². The molecule has 0 amide bonds. The van der Waals surface area contributed by atoms with Gasteiger partial charge < -0.3 is 0 Å². The summed E-state index contributed by atoms with van der Waals surface area (Å²) >= 11 is 0. The highest BCUT2D eigenvalue weighted by Gasteiger charge is 2.43. The summed E-state index contributed by atoms with van der Waals surface area (Å²) in [4.78, 5) is 0. The van der Waals surface area contributed by atoms with Crippen molar-refractivity contribution in [3.05, 3.63) is 184 Å². The van der Waals surface area contributed by atoms with Crippen LogP contribution in [0.4, 0.5) is 0 Å². The van der Waals surface area contributed by atoms with E-state index in [1.807, 2.05) is 0 Å². The lowest BCUT2D eigenvalue weighted by molar-refractivity contribution is 1.13. The van der Waals surface area contributed by atoms with Gasteiger partial charge in [-0.3, -0.25) is 0 Å². The largest absolute Gasteiger partial charge is 0.243 e. The molecule has 0 nitrogen and oxygen atoms in total. The summed E-state index contributed by atoms with van der Waals surface area (Å²) in [5.41, 5.74) is 28.0. The highest BCUT2D eigenvalue weighted by atomic mass is 14.4. The summed E-state index contributed by atoms with van der Waals surface area (Å²) in [6, 6.07) is 52.8. The molecule has 2 heterocycles. The fourth-order valence-corrected chi connectivity index (χ4v) is 9.72. The van der Waals surface area contributed by atoms with Crippen molar-refractivity contribution >= 4 is 23.1 Å². The summed E-state index contributed by atoms with van der Waals surface area (Å²) in [5, 5.41) is 0. The van der Waals surface area contributed by atoms with Crippen LogP contribution < -0.4 is 16.4 Å². The van der Waals surface area contributed by atoms with Crippen LogP contribution in [0.25, 0.3) is 44.5 Å². The second kappa shape index (κ2) is 9.56. The molecule has 2 aliphatic heterocycles. The maximum Gasteiger partial charge on any atom is 0.243 e. The van der Waals surface area contributed by atoms with Gasteiger partial charge in [0.2, 0.25) is 6.71 Å². The van der Waals surface area contributed by atoms with Gasteiger partial charge >= 0.3 is 0 Å². The van der Waals surface area contributed by atoms with E-state index in [-0.39, 0.29) is 6.71 Å². The second-order valence-corrected chi connectivity index (χ2v) is 13.9. The Kier molecular flexibility index (Phi) is 5.24. The van der Waals surface area contributed by atoms with Crippen molar-refractivity contribution in [2.45, 2.75) is 25.7 Å². The zero-order valence-electron chi connectivity index (χ0n) is 26.2. The third kappa shape index (κ3) is 3.55. The number of hydrogen-bond donors (Lipinski definition) is 0. The van der Waals surface area contributed by atoms with Crippen LogP contribution >= 0.6 is 0 Å². The summed E-state index contributed by atoms with van der Waals surface area (Å²) in [6.07, 6.45) is 4.00. The minimum atomic E-state index is 0.245. The van der Waals surface area contributed by atoms with E-state index in [1.54, 1.807) is 27.5 Å². The molecule has 4 aliphatic rings. The van der Waals surface area contributed by atoms with E-state index in [9.17, 15) is 0 Å². The molecule has 0 unspecified atom stereocenters. The Bertz CT molecular complexity index is 2280. The van der Waals surface area contributed by atoms with Crippen LogP contribution in [0.15, 0.2) is 140 Å². The predicted octanol–water partition coefficient (Wildman–Crippen LogP) is 8.49. The predicted molar refractivity (Wildman–Crippen MR) is 197 cm³/mol. The van der Waals surface area contributed by atoms with Crippen molar-refractivity contribution in [1.29, 1.82) is 0 Å². The van der Waals surface area contributed by atoms with Gasteiger partial charge in [0.05, 0.1) is 0 Å². The van der Waals surface area contributed by atoms with Gasteiger partial charge in [0.1, 0.15) is 0 Å². The summed E-state index contributed by atoms with van der Waals surface area (Å²) in [6.45, 7) is 0.245. The number of rotatable bonds is 2. The molecule has 2 aliphatic carbocycles. The van der Waals surface area contributed by atoms with E-state index >= 15 is 0 Å². The topological polar surface area (TPSA) is 0 Å². The average molecular weight is 595 g/mol. The normalized spacial score (nSPS) is 14.0. The molecular formula is C46H31B. The maximum atomic E-state index is 2.57. The minimum absolute atomic E-state index is 0.245. The first kappa shape index (κ1) is 25.8. The van der Waals surface area contributed by atoms with E-state index in [0.717, 1.165) is 25.7 Å². The molecule has 0 aromatic heterocycles. The number of hydrogen-bond acceptors (Lipinski definition) is 0. The lowest BCUT2D eigenvalue weighted by atomic mass is 9.29. The fraction of sp³-hybridized carbons (Fsp3) is 0.0870. The monoisotopic (exact) mass is 594 g/mol. The van der Waals surface area contributed by atoms with E-state index in [2.05, 4.69) is 140 Å². The smallest absolute Gasteiger partial charge is 0.0622 e. The zero-order chi connectivity index (χ0) is 30.6. The summed E-state index contributed by atoms with van der Waals surface area (Å²) < 4.78 is 0. The molecule has 0 saturated carbocycles. The quantitative estimate of drug-likeness (QED) is 0.176. The molecule has 0 fully saturated rings. The van der Waals surface area contributed by atoms with Gasteiger partial charge in [-0.25, -0.2) is 0 Å². The zero-order valence-corrected chi connectivity index (χ0v) is 26.2. The van der Waals surface area contributed by atoms with Gasteiger partial charge in [0.15, 0.2) is 0 Å². The van der Waals surface area contributed by atoms with Gasteiger partial charge in [-0.05, 0) is 115 Å². The molecular weight excluding hydrogens is 563 g/mol. The molecule has 7 aromatic rings. The second-order valence-electron chi connectivity index (χ2n) is 13.9. The lowest BCUT2D eigenvalue weighted by Gasteiger charge is -2.37. The molecule has 1 heteroatoms. The van der Waals surface area contributed by atoms with Crippen molar-refractivity contribution in [1.82, 2.24) is 0 Å². The molecule has 0 saturated heterocycles. The molecule has 0 atom stereocenters. The third-order valence-corrected chi connectivity index (χ3v) is 11.5. The molecule has 0 bridgehead atoms. The molecule has 7 aromatic carbocycles. The highest BCUT2D eigenvalue weighted by molar-refractivity contribution is 6.98. The van der Waals surface area contributed by atoms with Crippen molar-refractivity contribution < 1.29 is 0 Å². The number of fused-ring (bicyclic) bond motifs is 12. The van der Waals surface area contributed by atoms with Crippen molar-refractivity contribution in [2.75, 3.05) is 0 Å². The Morgan fingerprint density at radius 3 is 1.23 bits per heavy atom. The standard InChI is InChI=1S/C46H31B/c1-3-12-28(13-4-1)38-26-34-22-32-18-11-19-33-23-35-27-39(29-14-5-2-6-15-29)43-37-21-10-8-17-31(37)25-41(43)46(35)47(44(32)33)45(34)40-24-30-16-7-9-20-36(30)42(38)40/h1-21,26-27H,22-25H2. The molecule has 11 rings (SSSR count). The summed E-state index contributed by atoms with van der Waals surface area (Å²) in [5.74, 6) is 0. The Hall–Kier alpha value is -5.40.